The van der Waals surface area contributed by atoms with Crippen LogP contribution in [0.4, 0.5) is 5.69 Å². The van der Waals surface area contributed by atoms with Crippen LogP contribution in [0.1, 0.15) is 17.3 Å². The number of sulfonamides is 1. The summed E-state index contributed by atoms with van der Waals surface area (Å²) in [4.78, 5) is 12.4. The van der Waals surface area contributed by atoms with Gasteiger partial charge in [-0.2, -0.15) is 0 Å². The van der Waals surface area contributed by atoms with E-state index in [9.17, 15) is 13.2 Å². The van der Waals surface area contributed by atoms with Crippen molar-refractivity contribution in [1.29, 1.82) is 0 Å². The van der Waals surface area contributed by atoms with E-state index in [0.717, 1.165) is 4.31 Å². The maximum absolute atomic E-state index is 13.2. The van der Waals surface area contributed by atoms with Crippen LogP contribution in [0.25, 0.3) is 0 Å². The molecule has 8 heteroatoms. The number of rotatable bonds is 9. The van der Waals surface area contributed by atoms with Gasteiger partial charge in [0.1, 0.15) is 0 Å². The molecule has 0 aromatic heterocycles. The number of para-hydroxylation sites is 1. The van der Waals surface area contributed by atoms with Gasteiger partial charge < -0.3 is 10.1 Å². The van der Waals surface area contributed by atoms with E-state index in [1.165, 1.54) is 24.3 Å². The highest BCUT2D eigenvalue weighted by atomic mass is 35.5. The number of carbonyl (C=O) groups is 1. The Morgan fingerprint density at radius 3 is 2.64 bits per heavy atom. The van der Waals surface area contributed by atoms with Crippen molar-refractivity contribution in [1.82, 2.24) is 5.32 Å². The minimum absolute atomic E-state index is 0.0127. The summed E-state index contributed by atoms with van der Waals surface area (Å²) >= 11 is 6.20. The van der Waals surface area contributed by atoms with Gasteiger partial charge >= 0.3 is 0 Å². The quantitative estimate of drug-likeness (QED) is 0.627. The summed E-state index contributed by atoms with van der Waals surface area (Å²) in [6.07, 6.45) is 1.48. The molecule has 2 aromatic rings. The molecule has 0 fully saturated rings. The molecule has 0 radical (unpaired) electrons. The maximum Gasteiger partial charge on any atom is 0.264 e. The Bertz CT molecular complexity index is 947. The van der Waals surface area contributed by atoms with Gasteiger partial charge in [-0.25, -0.2) is 8.42 Å². The molecule has 0 saturated heterocycles. The molecule has 1 unspecified atom stereocenters. The lowest BCUT2D eigenvalue weighted by Crippen LogP contribution is -2.36. The zero-order valence-electron chi connectivity index (χ0n) is 15.8. The summed E-state index contributed by atoms with van der Waals surface area (Å²) in [6, 6.07) is 12.3. The molecular weight excluding hydrogens is 400 g/mol. The Morgan fingerprint density at radius 1 is 1.29 bits per heavy atom. The molecule has 28 heavy (non-hydrogen) atoms. The van der Waals surface area contributed by atoms with Crippen molar-refractivity contribution in [2.75, 3.05) is 24.6 Å². The first-order valence-electron chi connectivity index (χ1n) is 8.59. The first-order chi connectivity index (χ1) is 13.3. The van der Waals surface area contributed by atoms with Crippen LogP contribution in [0.5, 0.6) is 0 Å². The van der Waals surface area contributed by atoms with Gasteiger partial charge in [0, 0.05) is 18.7 Å². The number of anilines is 1. The van der Waals surface area contributed by atoms with Crippen molar-refractivity contribution >= 4 is 33.2 Å². The van der Waals surface area contributed by atoms with Crippen LogP contribution in [-0.2, 0) is 14.8 Å². The summed E-state index contributed by atoms with van der Waals surface area (Å²) in [5, 5.41) is 3.06. The smallest absolute Gasteiger partial charge is 0.264 e. The third kappa shape index (κ3) is 5.13. The van der Waals surface area contributed by atoms with Crippen molar-refractivity contribution < 1.29 is 17.9 Å². The van der Waals surface area contributed by atoms with E-state index in [-0.39, 0.29) is 29.0 Å². The number of methoxy groups -OCH3 is 1. The SMILES string of the molecule is C=CCN(c1ccccc1Cl)S(=O)(=O)c1cccc(C(=O)NC(C)COC)c1. The Kier molecular flexibility index (Phi) is 7.62. The van der Waals surface area contributed by atoms with E-state index in [4.69, 9.17) is 16.3 Å². The van der Waals surface area contributed by atoms with E-state index in [1.54, 1.807) is 44.4 Å². The predicted molar refractivity (Wildman–Crippen MR) is 111 cm³/mol. The van der Waals surface area contributed by atoms with E-state index >= 15 is 0 Å². The lowest BCUT2D eigenvalue weighted by molar-refractivity contribution is 0.0905. The monoisotopic (exact) mass is 422 g/mol. The lowest BCUT2D eigenvalue weighted by atomic mass is 10.2. The van der Waals surface area contributed by atoms with Gasteiger partial charge in [0.15, 0.2) is 0 Å². The lowest BCUT2D eigenvalue weighted by Gasteiger charge is -2.24. The Balaban J connectivity index is 2.40. The van der Waals surface area contributed by atoms with Crippen LogP contribution < -0.4 is 9.62 Å². The first kappa shape index (κ1) is 21.9. The van der Waals surface area contributed by atoms with Gasteiger partial charge in [-0.3, -0.25) is 9.10 Å². The Labute approximate surface area is 170 Å². The number of hydrogen-bond donors (Lipinski definition) is 1. The van der Waals surface area contributed by atoms with Crippen molar-refractivity contribution in [3.05, 3.63) is 71.8 Å². The second-order valence-corrected chi connectivity index (χ2v) is 8.40. The standard InChI is InChI=1S/C20H23ClN2O4S/c1-4-12-23(19-11-6-5-10-18(19)21)28(25,26)17-9-7-8-16(13-17)20(24)22-15(2)14-27-3/h4-11,13,15H,1,12,14H2,2-3H3,(H,22,24). The molecule has 1 amide bonds. The fourth-order valence-corrected chi connectivity index (χ4v) is 4.41. The summed E-state index contributed by atoms with van der Waals surface area (Å²) < 4.78 is 32.6. The normalized spacial score (nSPS) is 12.2. The van der Waals surface area contributed by atoms with Gasteiger partial charge in [0.05, 0.1) is 28.8 Å². The molecule has 0 bridgehead atoms. The number of benzene rings is 2. The van der Waals surface area contributed by atoms with Crippen LogP contribution >= 0.6 is 11.6 Å². The van der Waals surface area contributed by atoms with Crippen LogP contribution in [0.3, 0.4) is 0 Å². The largest absolute Gasteiger partial charge is 0.383 e. The number of halogens is 1. The average molecular weight is 423 g/mol. The fraction of sp³-hybridized carbons (Fsp3) is 0.250. The highest BCUT2D eigenvalue weighted by molar-refractivity contribution is 7.92. The van der Waals surface area contributed by atoms with Crippen molar-refractivity contribution in [2.24, 2.45) is 0 Å². The molecule has 0 aliphatic carbocycles. The van der Waals surface area contributed by atoms with Gasteiger partial charge in [-0.05, 0) is 37.3 Å². The molecule has 2 rings (SSSR count). The summed E-state index contributed by atoms with van der Waals surface area (Å²) in [5.74, 6) is -0.380. The van der Waals surface area contributed by atoms with E-state index < -0.39 is 10.0 Å². The summed E-state index contributed by atoms with van der Waals surface area (Å²) in [6.45, 7) is 5.82. The zero-order chi connectivity index (χ0) is 20.7. The zero-order valence-corrected chi connectivity index (χ0v) is 17.3. The number of nitrogens with zero attached hydrogens (tertiary/aromatic N) is 1. The van der Waals surface area contributed by atoms with Gasteiger partial charge in [-0.1, -0.05) is 35.9 Å². The van der Waals surface area contributed by atoms with Crippen molar-refractivity contribution in [2.45, 2.75) is 17.9 Å². The minimum Gasteiger partial charge on any atom is -0.383 e. The molecule has 6 nitrogen and oxygen atoms in total. The van der Waals surface area contributed by atoms with Crippen molar-refractivity contribution in [3.63, 3.8) is 0 Å². The number of hydrogen-bond acceptors (Lipinski definition) is 4. The molecule has 1 atom stereocenters. The third-order valence-corrected chi connectivity index (χ3v) is 5.99. The molecule has 0 heterocycles. The fourth-order valence-electron chi connectivity index (χ4n) is 2.62. The minimum atomic E-state index is -3.96. The Morgan fingerprint density at radius 2 is 2.00 bits per heavy atom. The first-order valence-corrected chi connectivity index (χ1v) is 10.4. The molecular formula is C20H23ClN2O4S. The predicted octanol–water partition coefficient (Wildman–Crippen LogP) is 3.49. The molecule has 2 aromatic carbocycles. The van der Waals surface area contributed by atoms with Crippen LogP contribution in [-0.4, -0.2) is 40.6 Å². The molecule has 0 aliphatic heterocycles. The average Bonchev–Trinajstić information content (AvgIpc) is 2.67. The number of ether oxygens (including phenoxy) is 1. The van der Waals surface area contributed by atoms with Crippen molar-refractivity contribution in [3.8, 4) is 0 Å². The molecule has 1 N–H and O–H groups in total. The third-order valence-electron chi connectivity index (χ3n) is 3.89. The maximum atomic E-state index is 13.2. The second kappa shape index (κ2) is 9.73. The number of nitrogens with one attached hydrogen (secondary N) is 1. The number of carbonyl (C=O) groups excluding carboxylic acids is 1. The molecule has 150 valence electrons. The van der Waals surface area contributed by atoms with E-state index in [0.29, 0.717) is 17.3 Å². The summed E-state index contributed by atoms with van der Waals surface area (Å²) in [7, 11) is -2.42. The molecule has 0 saturated carbocycles. The van der Waals surface area contributed by atoms with Gasteiger partial charge in [-0.15, -0.1) is 6.58 Å². The molecule has 0 spiro atoms. The molecule has 0 aliphatic rings. The van der Waals surface area contributed by atoms with Gasteiger partial charge in [0.2, 0.25) is 0 Å². The van der Waals surface area contributed by atoms with E-state index in [2.05, 4.69) is 11.9 Å². The van der Waals surface area contributed by atoms with Crippen LogP contribution in [0, 0.1) is 0 Å². The van der Waals surface area contributed by atoms with Gasteiger partial charge in [0.25, 0.3) is 15.9 Å². The Hall–Kier alpha value is -2.35. The van der Waals surface area contributed by atoms with E-state index in [1.807, 2.05) is 0 Å². The second-order valence-electron chi connectivity index (χ2n) is 6.13. The highest BCUT2D eigenvalue weighted by Crippen LogP contribution is 2.30. The van der Waals surface area contributed by atoms with Crippen LogP contribution in [0.15, 0.2) is 66.1 Å². The highest BCUT2D eigenvalue weighted by Gasteiger charge is 2.26. The topological polar surface area (TPSA) is 75.7 Å². The summed E-state index contributed by atoms with van der Waals surface area (Å²) in [5.41, 5.74) is 0.578. The number of amides is 1. The van der Waals surface area contributed by atoms with Crippen LogP contribution in [0.2, 0.25) is 5.02 Å².